The topological polar surface area (TPSA) is 74.4 Å². The molecule has 1 aromatic carbocycles. The first-order valence-electron chi connectivity index (χ1n) is 12.5. The second-order valence-electron chi connectivity index (χ2n) is 10.5. The fourth-order valence-electron chi connectivity index (χ4n) is 5.13. The summed E-state index contributed by atoms with van der Waals surface area (Å²) in [6.07, 6.45) is 7.64. The van der Waals surface area contributed by atoms with Crippen LogP contribution in [0.4, 0.5) is 5.82 Å². The number of aromatic nitrogens is 1. The van der Waals surface area contributed by atoms with Crippen LogP contribution in [0.5, 0.6) is 5.75 Å². The molecular weight excluding hydrogens is 442 g/mol. The van der Waals surface area contributed by atoms with E-state index in [4.69, 9.17) is 15.5 Å². The molecule has 34 heavy (non-hydrogen) atoms. The molecule has 1 aromatic heterocycles. The zero-order valence-corrected chi connectivity index (χ0v) is 22.2. The molecule has 0 saturated carbocycles. The van der Waals surface area contributed by atoms with Crippen molar-refractivity contribution in [3.63, 3.8) is 0 Å². The average Bonchev–Trinajstić information content (AvgIpc) is 2.79. The number of hydrogen-bond acceptors (Lipinski definition) is 5. The van der Waals surface area contributed by atoms with E-state index in [0.29, 0.717) is 0 Å². The number of unbranched alkanes of at least 4 members (excludes halogenated alkanes) is 1. The highest BCUT2D eigenvalue weighted by Crippen LogP contribution is 2.43. The Morgan fingerprint density at radius 1 is 1.18 bits per heavy atom. The minimum atomic E-state index is -1.32. The van der Waals surface area contributed by atoms with Crippen LogP contribution < -0.4 is 14.8 Å². The van der Waals surface area contributed by atoms with Crippen molar-refractivity contribution in [3.8, 4) is 5.75 Å². The first kappa shape index (κ1) is 24.9. The summed E-state index contributed by atoms with van der Waals surface area (Å²) in [6, 6.07) is 4.30. The quantitative estimate of drug-likeness (QED) is 0.401. The van der Waals surface area contributed by atoms with Crippen LogP contribution >= 0.6 is 0 Å². The number of nitrogens with two attached hydrogens (primary N) is 1. The number of rotatable bonds is 7. The summed E-state index contributed by atoms with van der Waals surface area (Å²) in [4.78, 5) is 5.93. The Morgan fingerprint density at radius 2 is 1.94 bits per heavy atom. The lowest BCUT2D eigenvalue weighted by Gasteiger charge is -2.36. The molecule has 1 unspecified atom stereocenters. The monoisotopic (exact) mass is 481 g/mol. The number of anilines is 1. The standard InChI is InChI=1S/C28H39N3O2S/c1-18(29)10-7-8-12-23-14-13-22-11-9-17-31(27(22)30-23)34(32)26-20(3)19(2)25-24(21(26)4)15-16-28(5,6)33-25/h13-14H,1,7-12,15-17,29H2,2-6H3. The maximum Gasteiger partial charge on any atom is 0.186 e. The summed E-state index contributed by atoms with van der Waals surface area (Å²) >= 11 is -1.32. The number of fused-ring (bicyclic) bond motifs is 2. The van der Waals surface area contributed by atoms with Crippen molar-refractivity contribution in [2.75, 3.05) is 10.8 Å². The van der Waals surface area contributed by atoms with Crippen LogP contribution in [0.3, 0.4) is 0 Å². The zero-order valence-electron chi connectivity index (χ0n) is 21.4. The van der Waals surface area contributed by atoms with Crippen molar-refractivity contribution in [2.45, 2.75) is 96.5 Å². The predicted molar refractivity (Wildman–Crippen MR) is 141 cm³/mol. The summed E-state index contributed by atoms with van der Waals surface area (Å²) in [7, 11) is 0. The highest BCUT2D eigenvalue weighted by molar-refractivity contribution is 7.93. The Labute approximate surface area is 208 Å². The van der Waals surface area contributed by atoms with Crippen molar-refractivity contribution < 1.29 is 9.29 Å². The Hall–Kier alpha value is -2.18. The van der Waals surface area contributed by atoms with Crippen molar-refractivity contribution in [2.24, 2.45) is 5.73 Å². The minimum Gasteiger partial charge on any atom is -0.588 e. The SMILES string of the molecule is C=C(N)CCCCc1ccc2c(n1)N([S+]([O-])c1c(C)c(C)c3c(c1C)CCC(C)(C)O3)CCC2. The van der Waals surface area contributed by atoms with Crippen LogP contribution in [-0.2, 0) is 30.6 Å². The van der Waals surface area contributed by atoms with E-state index in [2.05, 4.69) is 53.3 Å². The molecule has 0 spiro atoms. The van der Waals surface area contributed by atoms with E-state index in [1.807, 2.05) is 4.31 Å². The van der Waals surface area contributed by atoms with Gasteiger partial charge in [-0.05, 0) is 103 Å². The summed E-state index contributed by atoms with van der Waals surface area (Å²) in [5.74, 6) is 1.88. The molecule has 0 fully saturated rings. The van der Waals surface area contributed by atoms with Gasteiger partial charge in [-0.25, -0.2) is 4.98 Å². The van der Waals surface area contributed by atoms with Gasteiger partial charge in [0.2, 0.25) is 0 Å². The summed E-state index contributed by atoms with van der Waals surface area (Å²) < 4.78 is 22.6. The summed E-state index contributed by atoms with van der Waals surface area (Å²) in [5.41, 5.74) is 13.0. The van der Waals surface area contributed by atoms with Gasteiger partial charge in [-0.2, -0.15) is 4.31 Å². The molecule has 3 heterocycles. The number of nitrogens with zero attached hydrogens (tertiary/aromatic N) is 2. The smallest absolute Gasteiger partial charge is 0.186 e. The van der Waals surface area contributed by atoms with E-state index >= 15 is 0 Å². The van der Waals surface area contributed by atoms with E-state index in [-0.39, 0.29) is 5.60 Å². The molecule has 2 aliphatic heterocycles. The van der Waals surface area contributed by atoms with Crippen LogP contribution in [0.15, 0.2) is 29.3 Å². The molecule has 0 amide bonds. The van der Waals surface area contributed by atoms with E-state index in [1.165, 1.54) is 11.1 Å². The van der Waals surface area contributed by atoms with Crippen LogP contribution in [0.1, 0.15) is 79.5 Å². The number of pyridine rings is 1. The van der Waals surface area contributed by atoms with E-state index < -0.39 is 11.4 Å². The lowest BCUT2D eigenvalue weighted by Crippen LogP contribution is -2.38. The van der Waals surface area contributed by atoms with Crippen molar-refractivity contribution >= 4 is 17.2 Å². The second-order valence-corrected chi connectivity index (χ2v) is 11.8. The molecule has 4 rings (SSSR count). The van der Waals surface area contributed by atoms with Gasteiger partial charge in [-0.15, -0.1) is 0 Å². The van der Waals surface area contributed by atoms with Crippen LogP contribution in [-0.4, -0.2) is 21.7 Å². The maximum atomic E-state index is 14.1. The van der Waals surface area contributed by atoms with Gasteiger partial charge in [0.25, 0.3) is 0 Å². The van der Waals surface area contributed by atoms with Crippen molar-refractivity contribution in [1.82, 2.24) is 4.98 Å². The van der Waals surface area contributed by atoms with Gasteiger partial charge < -0.3 is 15.0 Å². The molecule has 184 valence electrons. The number of hydrogen-bond donors (Lipinski definition) is 1. The van der Waals surface area contributed by atoms with Gasteiger partial charge in [0.15, 0.2) is 10.7 Å². The van der Waals surface area contributed by atoms with E-state index in [0.717, 1.165) is 102 Å². The Morgan fingerprint density at radius 3 is 2.68 bits per heavy atom. The molecule has 0 saturated heterocycles. The van der Waals surface area contributed by atoms with Crippen molar-refractivity contribution in [3.05, 3.63) is 57.9 Å². The first-order chi connectivity index (χ1) is 16.1. The summed E-state index contributed by atoms with van der Waals surface area (Å²) in [6.45, 7) is 15.1. The minimum absolute atomic E-state index is 0.166. The average molecular weight is 482 g/mol. The molecule has 0 bridgehead atoms. The highest BCUT2D eigenvalue weighted by atomic mass is 32.2. The largest absolute Gasteiger partial charge is 0.588 e. The van der Waals surface area contributed by atoms with Gasteiger partial charge in [0.1, 0.15) is 22.7 Å². The second kappa shape index (κ2) is 9.82. The Bertz CT molecular complexity index is 1100. The van der Waals surface area contributed by atoms with Gasteiger partial charge in [0.05, 0.1) is 6.54 Å². The Kier molecular flexibility index (Phi) is 7.20. The molecule has 2 aliphatic rings. The molecule has 5 nitrogen and oxygen atoms in total. The van der Waals surface area contributed by atoms with Gasteiger partial charge in [-0.3, -0.25) is 0 Å². The molecule has 6 heteroatoms. The fraction of sp³-hybridized carbons (Fsp3) is 0.536. The molecule has 0 radical (unpaired) electrons. The molecule has 2 N–H and O–H groups in total. The molecule has 1 atom stereocenters. The highest BCUT2D eigenvalue weighted by Gasteiger charge is 2.37. The van der Waals surface area contributed by atoms with Crippen LogP contribution in [0, 0.1) is 20.8 Å². The number of allylic oxidation sites excluding steroid dienone is 1. The third-order valence-corrected chi connectivity index (χ3v) is 9.00. The fourth-order valence-corrected chi connectivity index (χ4v) is 6.76. The van der Waals surface area contributed by atoms with Gasteiger partial charge >= 0.3 is 0 Å². The molecular formula is C28H39N3O2S. The molecule has 0 aliphatic carbocycles. The van der Waals surface area contributed by atoms with E-state index in [9.17, 15) is 4.55 Å². The van der Waals surface area contributed by atoms with Gasteiger partial charge in [-0.1, -0.05) is 12.6 Å². The zero-order chi connectivity index (χ0) is 24.6. The third-order valence-electron chi connectivity index (χ3n) is 7.28. The van der Waals surface area contributed by atoms with Crippen LogP contribution in [0.2, 0.25) is 0 Å². The third kappa shape index (κ3) is 4.94. The number of aryl methyl sites for hydroxylation is 2. The normalized spacial score (nSPS) is 17.5. The van der Waals surface area contributed by atoms with E-state index in [1.54, 1.807) is 0 Å². The predicted octanol–water partition coefficient (Wildman–Crippen LogP) is 5.77. The van der Waals surface area contributed by atoms with Crippen LogP contribution in [0.25, 0.3) is 0 Å². The lowest BCUT2D eigenvalue weighted by atomic mass is 9.88. The molecule has 2 aromatic rings. The first-order valence-corrected chi connectivity index (χ1v) is 13.6. The number of benzene rings is 1. The lowest BCUT2D eigenvalue weighted by molar-refractivity contribution is 0.0832. The Balaban J connectivity index is 1.65. The van der Waals surface area contributed by atoms with Gasteiger partial charge in [0, 0.05) is 28.1 Å². The summed E-state index contributed by atoms with van der Waals surface area (Å²) in [5, 5.41) is 0. The number of ether oxygens (including phenoxy) is 1. The van der Waals surface area contributed by atoms with Crippen molar-refractivity contribution in [1.29, 1.82) is 0 Å². The maximum absolute atomic E-state index is 14.1.